The summed E-state index contributed by atoms with van der Waals surface area (Å²) < 4.78 is 0.870. The highest BCUT2D eigenvalue weighted by Gasteiger charge is 2.15. The Labute approximate surface area is 129 Å². The molecule has 21 heavy (non-hydrogen) atoms. The highest BCUT2D eigenvalue weighted by Crippen LogP contribution is 2.30. The van der Waals surface area contributed by atoms with E-state index < -0.39 is 5.91 Å². The minimum atomic E-state index is -0.468. The van der Waals surface area contributed by atoms with Gasteiger partial charge in [-0.05, 0) is 30.3 Å². The second kappa shape index (κ2) is 5.23. The molecule has 0 aliphatic rings. The molecule has 0 atom stereocenters. The summed E-state index contributed by atoms with van der Waals surface area (Å²) in [5.41, 5.74) is 6.57. The maximum Gasteiger partial charge on any atom is 0.261 e. The fraction of sp³-hybridized carbons (Fsp3) is 0. The number of nitrogens with zero attached hydrogens (tertiary/aromatic N) is 1. The predicted molar refractivity (Wildman–Crippen MR) is 85.1 cm³/mol. The van der Waals surface area contributed by atoms with Crippen molar-refractivity contribution >= 4 is 49.9 Å². The molecule has 7 heteroatoms. The van der Waals surface area contributed by atoms with E-state index >= 15 is 0 Å². The Morgan fingerprint density at radius 3 is 2.95 bits per heavy atom. The van der Waals surface area contributed by atoms with Gasteiger partial charge in [0.2, 0.25) is 0 Å². The number of amides is 1. The third kappa shape index (κ3) is 2.63. The number of phenols is 1. The van der Waals surface area contributed by atoms with E-state index in [1.165, 1.54) is 23.5 Å². The molecule has 106 valence electrons. The zero-order valence-corrected chi connectivity index (χ0v) is 12.2. The summed E-state index contributed by atoms with van der Waals surface area (Å²) in [4.78, 5) is 16.4. The fourth-order valence-corrected chi connectivity index (χ4v) is 3.00. The van der Waals surface area contributed by atoms with Crippen LogP contribution in [-0.4, -0.2) is 16.0 Å². The highest BCUT2D eigenvalue weighted by atomic mass is 35.5. The van der Waals surface area contributed by atoms with Crippen molar-refractivity contribution in [2.45, 2.75) is 0 Å². The van der Waals surface area contributed by atoms with Crippen LogP contribution in [0.3, 0.4) is 0 Å². The maximum atomic E-state index is 12.1. The summed E-state index contributed by atoms with van der Waals surface area (Å²) >= 11 is 7.22. The molecule has 1 aromatic heterocycles. The third-order valence-electron chi connectivity index (χ3n) is 2.88. The molecule has 3 aromatic rings. The Kier molecular flexibility index (Phi) is 3.40. The lowest BCUT2D eigenvalue weighted by molar-refractivity contribution is 0.102. The smallest absolute Gasteiger partial charge is 0.261 e. The van der Waals surface area contributed by atoms with Gasteiger partial charge in [0.05, 0.1) is 21.5 Å². The molecular formula is C14H10ClN3O2S. The lowest BCUT2D eigenvalue weighted by Crippen LogP contribution is -2.12. The van der Waals surface area contributed by atoms with Gasteiger partial charge in [0.1, 0.15) is 0 Å². The minimum Gasteiger partial charge on any atom is -0.505 e. The Morgan fingerprint density at radius 2 is 2.14 bits per heavy atom. The first-order valence-electron chi connectivity index (χ1n) is 5.99. The van der Waals surface area contributed by atoms with E-state index in [2.05, 4.69) is 10.3 Å². The number of carbonyl (C=O) groups excluding carboxylic acids is 1. The molecule has 0 aliphatic carbocycles. The SMILES string of the molecule is Nc1cccc(C(=O)Nc2nc3ccc(Cl)cc3s2)c1O. The molecule has 0 saturated heterocycles. The monoisotopic (exact) mass is 319 g/mol. The number of nitrogens with one attached hydrogen (secondary N) is 1. The summed E-state index contributed by atoms with van der Waals surface area (Å²) in [6.45, 7) is 0. The van der Waals surface area contributed by atoms with Crippen molar-refractivity contribution in [3.05, 3.63) is 47.0 Å². The van der Waals surface area contributed by atoms with Crippen molar-refractivity contribution in [3.8, 4) is 5.75 Å². The molecule has 0 bridgehead atoms. The number of para-hydroxylation sites is 1. The number of halogens is 1. The van der Waals surface area contributed by atoms with Crippen LogP contribution in [0.4, 0.5) is 10.8 Å². The normalized spacial score (nSPS) is 10.7. The molecule has 3 rings (SSSR count). The minimum absolute atomic E-state index is 0.104. The van der Waals surface area contributed by atoms with Crippen molar-refractivity contribution in [3.63, 3.8) is 0 Å². The van der Waals surface area contributed by atoms with Gasteiger partial charge in [-0.1, -0.05) is 29.0 Å². The average molecular weight is 320 g/mol. The van der Waals surface area contributed by atoms with Crippen LogP contribution in [0.15, 0.2) is 36.4 Å². The Hall–Kier alpha value is -2.31. The molecule has 2 aromatic carbocycles. The largest absolute Gasteiger partial charge is 0.505 e. The zero-order chi connectivity index (χ0) is 15.0. The molecule has 0 aliphatic heterocycles. The van der Waals surface area contributed by atoms with E-state index in [-0.39, 0.29) is 17.0 Å². The van der Waals surface area contributed by atoms with Crippen molar-refractivity contribution in [1.29, 1.82) is 0 Å². The van der Waals surface area contributed by atoms with Gasteiger partial charge in [-0.25, -0.2) is 4.98 Å². The number of rotatable bonds is 2. The van der Waals surface area contributed by atoms with E-state index in [1.54, 1.807) is 24.3 Å². The van der Waals surface area contributed by atoms with Crippen molar-refractivity contribution < 1.29 is 9.90 Å². The fourth-order valence-electron chi connectivity index (χ4n) is 1.86. The van der Waals surface area contributed by atoms with Crippen LogP contribution in [0, 0.1) is 0 Å². The number of benzene rings is 2. The Bertz CT molecular complexity index is 847. The molecule has 1 amide bonds. The number of anilines is 2. The van der Waals surface area contributed by atoms with Crippen molar-refractivity contribution in [2.75, 3.05) is 11.1 Å². The second-order valence-corrected chi connectivity index (χ2v) is 5.80. The molecular weight excluding hydrogens is 310 g/mol. The van der Waals surface area contributed by atoms with Crippen molar-refractivity contribution in [1.82, 2.24) is 4.98 Å². The van der Waals surface area contributed by atoms with E-state index in [0.717, 1.165) is 10.2 Å². The Morgan fingerprint density at radius 1 is 1.33 bits per heavy atom. The van der Waals surface area contributed by atoms with Crippen LogP contribution >= 0.6 is 22.9 Å². The van der Waals surface area contributed by atoms with Crippen LogP contribution in [0.25, 0.3) is 10.2 Å². The number of nitrogens with two attached hydrogens (primary N) is 1. The third-order valence-corrected chi connectivity index (χ3v) is 4.05. The number of hydrogen-bond donors (Lipinski definition) is 3. The van der Waals surface area contributed by atoms with Crippen LogP contribution < -0.4 is 11.1 Å². The van der Waals surface area contributed by atoms with Crippen LogP contribution in [0.1, 0.15) is 10.4 Å². The molecule has 0 saturated carbocycles. The quantitative estimate of drug-likeness (QED) is 0.498. The summed E-state index contributed by atoms with van der Waals surface area (Å²) in [5.74, 6) is -0.705. The number of aromatic hydroxyl groups is 1. The number of nitrogen functional groups attached to an aromatic ring is 1. The summed E-state index contributed by atoms with van der Waals surface area (Å²) in [5, 5.41) is 13.5. The molecule has 0 radical (unpaired) electrons. The number of thiazole rings is 1. The zero-order valence-electron chi connectivity index (χ0n) is 10.6. The molecule has 0 unspecified atom stereocenters. The summed E-state index contributed by atoms with van der Waals surface area (Å²) in [6, 6.07) is 9.90. The standard InChI is InChI=1S/C14H10ClN3O2S/c15-7-4-5-10-11(6-7)21-14(17-10)18-13(20)8-2-1-3-9(16)12(8)19/h1-6,19H,16H2,(H,17,18,20). The lowest BCUT2D eigenvalue weighted by atomic mass is 10.1. The molecule has 1 heterocycles. The molecule has 4 N–H and O–H groups in total. The first kappa shape index (κ1) is 13.7. The number of carbonyl (C=O) groups is 1. The topological polar surface area (TPSA) is 88.2 Å². The van der Waals surface area contributed by atoms with Gasteiger partial charge in [0, 0.05) is 5.02 Å². The average Bonchev–Trinajstić information content (AvgIpc) is 2.83. The second-order valence-electron chi connectivity index (χ2n) is 4.33. The molecule has 5 nitrogen and oxygen atoms in total. The van der Waals surface area contributed by atoms with Gasteiger partial charge in [0.25, 0.3) is 5.91 Å². The van der Waals surface area contributed by atoms with Gasteiger partial charge in [-0.3, -0.25) is 10.1 Å². The van der Waals surface area contributed by atoms with Gasteiger partial charge in [-0.2, -0.15) is 0 Å². The van der Waals surface area contributed by atoms with Gasteiger partial charge in [0.15, 0.2) is 10.9 Å². The predicted octanol–water partition coefficient (Wildman–Crippen LogP) is 3.49. The van der Waals surface area contributed by atoms with Crippen LogP contribution in [0.2, 0.25) is 5.02 Å². The lowest BCUT2D eigenvalue weighted by Gasteiger charge is -2.05. The van der Waals surface area contributed by atoms with Crippen molar-refractivity contribution in [2.24, 2.45) is 0 Å². The summed E-state index contributed by atoms with van der Waals surface area (Å²) in [6.07, 6.45) is 0. The number of hydrogen-bond acceptors (Lipinski definition) is 5. The van der Waals surface area contributed by atoms with E-state index in [9.17, 15) is 9.90 Å². The number of aromatic nitrogens is 1. The number of fused-ring (bicyclic) bond motifs is 1. The van der Waals surface area contributed by atoms with Gasteiger partial charge in [-0.15, -0.1) is 0 Å². The van der Waals surface area contributed by atoms with E-state index in [0.29, 0.717) is 10.2 Å². The van der Waals surface area contributed by atoms with E-state index in [1.807, 2.05) is 0 Å². The van der Waals surface area contributed by atoms with E-state index in [4.69, 9.17) is 17.3 Å². The summed E-state index contributed by atoms with van der Waals surface area (Å²) in [7, 11) is 0. The van der Waals surface area contributed by atoms with Crippen LogP contribution in [-0.2, 0) is 0 Å². The number of phenolic OH excluding ortho intramolecular Hbond substituents is 1. The molecule has 0 fully saturated rings. The van der Waals surface area contributed by atoms with Gasteiger partial charge < -0.3 is 10.8 Å². The Balaban J connectivity index is 1.91. The highest BCUT2D eigenvalue weighted by molar-refractivity contribution is 7.22. The molecule has 0 spiro atoms. The first-order chi connectivity index (χ1) is 10.0. The first-order valence-corrected chi connectivity index (χ1v) is 7.19. The van der Waals surface area contributed by atoms with Gasteiger partial charge >= 0.3 is 0 Å². The van der Waals surface area contributed by atoms with Crippen LogP contribution in [0.5, 0.6) is 5.75 Å². The maximum absolute atomic E-state index is 12.1.